The largest absolute Gasteiger partial charge is 0.399 e. The van der Waals surface area contributed by atoms with E-state index in [0.717, 1.165) is 64.2 Å². The van der Waals surface area contributed by atoms with Crippen molar-refractivity contribution in [1.82, 2.24) is 4.90 Å². The van der Waals surface area contributed by atoms with Gasteiger partial charge in [0.2, 0.25) is 0 Å². The Bertz CT molecular complexity index is 1250. The molecule has 34 heavy (non-hydrogen) atoms. The summed E-state index contributed by atoms with van der Waals surface area (Å²) in [6.45, 7) is 8.29. The molecule has 1 aliphatic carbocycles. The number of allylic oxidation sites excluding steroid dienone is 3. The van der Waals surface area contributed by atoms with Crippen LogP contribution in [0.1, 0.15) is 19.4 Å². The van der Waals surface area contributed by atoms with Crippen LogP contribution in [0.4, 0.5) is 28.4 Å². The third-order valence-electron chi connectivity index (χ3n) is 5.73. The molecule has 0 bridgehead atoms. The number of anilines is 3. The minimum atomic E-state index is 0.750. The molecule has 0 aliphatic heterocycles. The molecule has 1 aliphatic rings. The lowest BCUT2D eigenvalue weighted by Crippen LogP contribution is -2.25. The van der Waals surface area contributed by atoms with Gasteiger partial charge in [-0.15, -0.1) is 0 Å². The number of nitrogens with one attached hydrogen (secondary N) is 1. The number of benzene rings is 3. The molecule has 172 valence electrons. The van der Waals surface area contributed by atoms with E-state index in [2.05, 4.69) is 55.3 Å². The average molecular weight is 450 g/mol. The van der Waals surface area contributed by atoms with Crippen LogP contribution in [0, 0.1) is 6.92 Å². The van der Waals surface area contributed by atoms with E-state index in [0.29, 0.717) is 0 Å². The topological polar surface area (TPSA) is 66.0 Å². The Morgan fingerprint density at radius 1 is 0.794 bits per heavy atom. The fraction of sp³-hybridized carbons (Fsp3) is 0.172. The molecule has 3 aromatic carbocycles. The lowest BCUT2D eigenvalue weighted by atomic mass is 10.1. The zero-order chi connectivity index (χ0) is 23.9. The van der Waals surface area contributed by atoms with Gasteiger partial charge in [0.25, 0.3) is 0 Å². The van der Waals surface area contributed by atoms with E-state index in [9.17, 15) is 0 Å². The second kappa shape index (κ2) is 10.7. The first-order valence-electron chi connectivity index (χ1n) is 11.7. The van der Waals surface area contributed by atoms with E-state index in [-0.39, 0.29) is 0 Å². The summed E-state index contributed by atoms with van der Waals surface area (Å²) in [5.74, 6) is 0. The molecule has 0 unspecified atom stereocenters. The van der Waals surface area contributed by atoms with Crippen molar-refractivity contribution in [2.24, 2.45) is 9.98 Å². The van der Waals surface area contributed by atoms with E-state index in [1.807, 2.05) is 66.7 Å². The number of para-hydroxylation sites is 1. The minimum Gasteiger partial charge on any atom is -0.399 e. The number of likely N-dealkylation sites (N-methyl/N-ethyl adjacent to an activating group) is 1. The van der Waals surface area contributed by atoms with Crippen LogP contribution in [0.5, 0.6) is 0 Å². The maximum Gasteiger partial charge on any atom is 0.0914 e. The van der Waals surface area contributed by atoms with Crippen molar-refractivity contribution >= 4 is 39.9 Å². The van der Waals surface area contributed by atoms with Crippen LogP contribution in [0.3, 0.4) is 0 Å². The number of nitrogens with two attached hydrogens (primary N) is 1. The average Bonchev–Trinajstić information content (AvgIpc) is 2.85. The monoisotopic (exact) mass is 449 g/mol. The number of nitrogens with zero attached hydrogens (tertiary/aromatic N) is 3. The van der Waals surface area contributed by atoms with Crippen LogP contribution in [-0.4, -0.2) is 29.4 Å². The highest BCUT2D eigenvalue weighted by atomic mass is 15.1. The number of hydrogen-bond donors (Lipinski definition) is 2. The maximum absolute atomic E-state index is 5.79. The van der Waals surface area contributed by atoms with Crippen LogP contribution < -0.4 is 11.1 Å². The lowest BCUT2D eigenvalue weighted by Gasteiger charge is -2.24. The summed E-state index contributed by atoms with van der Waals surface area (Å²) in [6.07, 6.45) is 6.32. The molecule has 0 saturated carbocycles. The van der Waals surface area contributed by atoms with Gasteiger partial charge in [-0.1, -0.05) is 18.2 Å². The standard InChI is InChI=1S/C29H31N5/c1-4-34(5-2)26-16-18-28(29(20-26)32-23-9-7-6-8-10-23)33-27-17-15-25(19-21(27)3)31-24-13-11-22(30)12-14-24/h6-20,31H,4-5,30H2,1-3H3/b32-29+,33-28-. The number of rotatable bonds is 7. The number of nitrogen functional groups attached to an aromatic ring is 1. The second-order valence-corrected chi connectivity index (χ2v) is 8.15. The fourth-order valence-corrected chi connectivity index (χ4v) is 3.84. The van der Waals surface area contributed by atoms with Crippen LogP contribution in [0.25, 0.3) is 0 Å². The quantitative estimate of drug-likeness (QED) is 0.303. The summed E-state index contributed by atoms with van der Waals surface area (Å²) >= 11 is 0. The van der Waals surface area contributed by atoms with E-state index in [1.165, 1.54) is 0 Å². The summed E-state index contributed by atoms with van der Waals surface area (Å²) in [6, 6.07) is 23.9. The Morgan fingerprint density at radius 3 is 2.18 bits per heavy atom. The van der Waals surface area contributed by atoms with Gasteiger partial charge >= 0.3 is 0 Å². The third kappa shape index (κ3) is 5.62. The molecule has 0 saturated heterocycles. The van der Waals surface area contributed by atoms with E-state index >= 15 is 0 Å². The van der Waals surface area contributed by atoms with Crippen molar-refractivity contribution in [2.45, 2.75) is 20.8 Å². The molecule has 0 radical (unpaired) electrons. The first-order chi connectivity index (χ1) is 16.6. The predicted octanol–water partition coefficient (Wildman–Crippen LogP) is 6.96. The Labute approximate surface area is 202 Å². The molecule has 5 heteroatoms. The molecule has 0 atom stereocenters. The Hall–Kier alpha value is -4.12. The van der Waals surface area contributed by atoms with Crippen molar-refractivity contribution in [3.63, 3.8) is 0 Å². The third-order valence-corrected chi connectivity index (χ3v) is 5.73. The second-order valence-electron chi connectivity index (χ2n) is 8.15. The first kappa shape index (κ1) is 23.1. The zero-order valence-corrected chi connectivity index (χ0v) is 20.0. The van der Waals surface area contributed by atoms with E-state index in [1.54, 1.807) is 0 Å². The highest BCUT2D eigenvalue weighted by Gasteiger charge is 2.15. The lowest BCUT2D eigenvalue weighted by molar-refractivity contribution is 0.395. The summed E-state index contributed by atoms with van der Waals surface area (Å²) in [5, 5.41) is 3.42. The van der Waals surface area contributed by atoms with Gasteiger partial charge in [-0.3, -0.25) is 0 Å². The van der Waals surface area contributed by atoms with Crippen LogP contribution in [-0.2, 0) is 0 Å². The highest BCUT2D eigenvalue weighted by Crippen LogP contribution is 2.27. The molecule has 0 fully saturated rings. The van der Waals surface area contributed by atoms with Gasteiger partial charge in [0.1, 0.15) is 0 Å². The highest BCUT2D eigenvalue weighted by molar-refractivity contribution is 6.52. The maximum atomic E-state index is 5.79. The van der Waals surface area contributed by atoms with Crippen LogP contribution >= 0.6 is 0 Å². The fourth-order valence-electron chi connectivity index (χ4n) is 3.84. The molecule has 4 rings (SSSR count). The minimum absolute atomic E-state index is 0.750. The summed E-state index contributed by atoms with van der Waals surface area (Å²) in [7, 11) is 0. The van der Waals surface area contributed by atoms with Gasteiger partial charge in [-0.25, -0.2) is 9.98 Å². The van der Waals surface area contributed by atoms with Gasteiger partial charge in [-0.05, 0) is 99.2 Å². The molecule has 0 heterocycles. The number of hydrogen-bond acceptors (Lipinski definition) is 5. The molecule has 3 aromatic rings. The van der Waals surface area contributed by atoms with Crippen molar-refractivity contribution in [1.29, 1.82) is 0 Å². The molecule has 3 N–H and O–H groups in total. The molecular formula is C29H31N5. The van der Waals surface area contributed by atoms with E-state index < -0.39 is 0 Å². The molecule has 0 aromatic heterocycles. The molecule has 0 spiro atoms. The van der Waals surface area contributed by atoms with Crippen LogP contribution in [0.2, 0.25) is 0 Å². The Kier molecular flexibility index (Phi) is 7.23. The Balaban J connectivity index is 1.65. The van der Waals surface area contributed by atoms with Gasteiger partial charge in [-0.2, -0.15) is 0 Å². The van der Waals surface area contributed by atoms with Gasteiger partial charge in [0.05, 0.1) is 22.8 Å². The smallest absolute Gasteiger partial charge is 0.0914 e. The summed E-state index contributed by atoms with van der Waals surface area (Å²) < 4.78 is 0. The van der Waals surface area contributed by atoms with Gasteiger partial charge < -0.3 is 16.0 Å². The molecule has 0 amide bonds. The first-order valence-corrected chi connectivity index (χ1v) is 11.7. The predicted molar refractivity (Wildman–Crippen MR) is 146 cm³/mol. The number of aryl methyl sites for hydroxylation is 1. The molecular weight excluding hydrogens is 418 g/mol. The summed E-state index contributed by atoms with van der Waals surface area (Å²) in [4.78, 5) is 12.2. The zero-order valence-electron chi connectivity index (χ0n) is 20.0. The number of aliphatic imine (C=N–C) groups is 2. The summed E-state index contributed by atoms with van der Waals surface area (Å²) in [5.41, 5.74) is 14.3. The SMILES string of the molecule is CCN(CC)C1=CC(=N\c2ccccc2)/C(=N\c2ccc(Nc3ccc(N)cc3)cc2C)C=C1. The van der Waals surface area contributed by atoms with E-state index in [4.69, 9.17) is 15.7 Å². The Morgan fingerprint density at radius 2 is 1.50 bits per heavy atom. The van der Waals surface area contributed by atoms with Crippen molar-refractivity contribution < 1.29 is 0 Å². The van der Waals surface area contributed by atoms with Crippen molar-refractivity contribution in [2.75, 3.05) is 24.1 Å². The van der Waals surface area contributed by atoms with Gasteiger partial charge in [0, 0.05) is 35.8 Å². The van der Waals surface area contributed by atoms with Crippen LogP contribution in [0.15, 0.2) is 107 Å². The molecule has 5 nitrogen and oxygen atoms in total. The van der Waals surface area contributed by atoms with Gasteiger partial charge in [0.15, 0.2) is 0 Å². The normalized spacial score (nSPS) is 15.4. The van der Waals surface area contributed by atoms with Crippen molar-refractivity contribution in [3.8, 4) is 0 Å². The van der Waals surface area contributed by atoms with Crippen molar-refractivity contribution in [3.05, 3.63) is 102 Å².